The number of halogens is 2. The molecular formula is C37H40F2N6O5S2. The minimum atomic E-state index is -0.791. The Bertz CT molecular complexity index is 2160. The molecule has 11 nitrogen and oxygen atoms in total. The van der Waals surface area contributed by atoms with Gasteiger partial charge in [-0.25, -0.2) is 28.3 Å². The van der Waals surface area contributed by atoms with E-state index in [0.29, 0.717) is 51.0 Å². The molecule has 2 aromatic carbocycles. The number of rotatable bonds is 5. The first-order valence-electron chi connectivity index (χ1n) is 17.3. The Labute approximate surface area is 308 Å². The van der Waals surface area contributed by atoms with Gasteiger partial charge in [0.05, 0.1) is 24.2 Å². The predicted octanol–water partition coefficient (Wildman–Crippen LogP) is 8.74. The van der Waals surface area contributed by atoms with Crippen LogP contribution in [0, 0.1) is 23.0 Å². The molecule has 5 heterocycles. The Morgan fingerprint density at radius 3 is 2.33 bits per heavy atom. The first-order chi connectivity index (χ1) is 24.6. The lowest BCUT2D eigenvalue weighted by Gasteiger charge is -2.42. The lowest BCUT2D eigenvalue weighted by molar-refractivity contribution is 0.0209. The van der Waals surface area contributed by atoms with E-state index in [-0.39, 0.29) is 64.0 Å². The van der Waals surface area contributed by atoms with Crippen molar-refractivity contribution in [3.05, 3.63) is 40.5 Å². The molecule has 0 radical (unpaired) electrons. The number of anilines is 2. The average Bonchev–Trinajstić information content (AvgIpc) is 3.73. The number of benzene rings is 2. The van der Waals surface area contributed by atoms with Crippen molar-refractivity contribution in [2.24, 2.45) is 0 Å². The number of piperazine rings is 1. The number of ether oxygens (including phenoxy) is 3. The van der Waals surface area contributed by atoms with E-state index in [1.807, 2.05) is 27.7 Å². The van der Waals surface area contributed by atoms with Crippen LogP contribution in [0.2, 0.25) is 0 Å². The molecule has 7 rings (SSSR count). The summed E-state index contributed by atoms with van der Waals surface area (Å²) in [5.41, 5.74) is -0.413. The fourth-order valence-corrected chi connectivity index (χ4v) is 8.97. The van der Waals surface area contributed by atoms with E-state index < -0.39 is 28.9 Å². The van der Waals surface area contributed by atoms with E-state index in [1.165, 1.54) is 23.9 Å². The van der Waals surface area contributed by atoms with Gasteiger partial charge in [0.25, 0.3) is 0 Å². The van der Waals surface area contributed by atoms with Gasteiger partial charge in [0.1, 0.15) is 39.4 Å². The molecule has 4 aromatic rings. The zero-order valence-electron chi connectivity index (χ0n) is 30.1. The average molecular weight is 751 g/mol. The fraction of sp³-hybridized carbons (Fsp3) is 0.486. The maximum absolute atomic E-state index is 17.5. The van der Waals surface area contributed by atoms with Crippen molar-refractivity contribution in [3.63, 3.8) is 0 Å². The van der Waals surface area contributed by atoms with Crippen LogP contribution >= 0.6 is 23.1 Å². The Balaban J connectivity index is 1.40. The lowest BCUT2D eigenvalue weighted by atomic mass is 9.90. The van der Waals surface area contributed by atoms with Gasteiger partial charge in [0.2, 0.25) is 0 Å². The second-order valence-corrected chi connectivity index (χ2v) is 17.4. The van der Waals surface area contributed by atoms with E-state index >= 15 is 8.78 Å². The zero-order valence-corrected chi connectivity index (χ0v) is 31.7. The number of fused-ring (bicyclic) bond motifs is 6. The summed E-state index contributed by atoms with van der Waals surface area (Å²) in [5, 5.41) is 14.2. The fourth-order valence-electron chi connectivity index (χ4n) is 7.36. The van der Waals surface area contributed by atoms with Crippen molar-refractivity contribution >= 4 is 67.1 Å². The van der Waals surface area contributed by atoms with Gasteiger partial charge >= 0.3 is 12.2 Å². The minimum absolute atomic E-state index is 0.00226. The van der Waals surface area contributed by atoms with Crippen LogP contribution < -0.4 is 10.2 Å². The molecule has 1 N–H and O–H groups in total. The van der Waals surface area contributed by atoms with Crippen LogP contribution in [0.4, 0.5) is 29.2 Å². The Kier molecular flexibility index (Phi) is 9.24. The number of nitriles is 1. The van der Waals surface area contributed by atoms with E-state index in [1.54, 1.807) is 25.7 Å². The molecule has 2 unspecified atom stereocenters. The lowest BCUT2D eigenvalue weighted by Crippen LogP contribution is -2.56. The molecule has 52 heavy (non-hydrogen) atoms. The maximum atomic E-state index is 17.5. The summed E-state index contributed by atoms with van der Waals surface area (Å²) >= 11 is 2.45. The van der Waals surface area contributed by atoms with Crippen LogP contribution in [0.3, 0.4) is 0 Å². The van der Waals surface area contributed by atoms with E-state index in [4.69, 9.17) is 24.2 Å². The molecule has 2 aromatic heterocycles. The summed E-state index contributed by atoms with van der Waals surface area (Å²) in [4.78, 5) is 39.5. The number of amides is 2. The van der Waals surface area contributed by atoms with Crippen LogP contribution in [-0.4, -0.2) is 69.2 Å². The van der Waals surface area contributed by atoms with Crippen LogP contribution in [0.5, 0.6) is 0 Å². The van der Waals surface area contributed by atoms with Crippen LogP contribution in [0.1, 0.15) is 78.0 Å². The van der Waals surface area contributed by atoms with Gasteiger partial charge in [0, 0.05) is 46.4 Å². The van der Waals surface area contributed by atoms with Gasteiger partial charge in [-0.05, 0) is 83.4 Å². The van der Waals surface area contributed by atoms with E-state index in [2.05, 4.69) is 16.3 Å². The zero-order chi connectivity index (χ0) is 37.3. The van der Waals surface area contributed by atoms with Gasteiger partial charge in [-0.1, -0.05) is 18.7 Å². The second-order valence-electron chi connectivity index (χ2n) is 15.1. The monoisotopic (exact) mass is 750 g/mol. The topological polar surface area (TPSA) is 130 Å². The van der Waals surface area contributed by atoms with E-state index in [9.17, 15) is 14.9 Å². The molecule has 274 valence electrons. The third-order valence-corrected chi connectivity index (χ3v) is 11.0. The molecule has 15 heteroatoms. The number of likely N-dealkylation sites (tertiary alicyclic amines) is 1. The quantitative estimate of drug-likeness (QED) is 0.156. The molecule has 2 amide bonds. The molecule has 3 aliphatic heterocycles. The number of nitrogens with one attached hydrogen (secondary N) is 1. The normalized spacial score (nSPS) is 18.5. The van der Waals surface area contributed by atoms with Crippen molar-refractivity contribution in [2.75, 3.05) is 29.1 Å². The minimum Gasteiger partial charge on any atom is -0.444 e. The molecule has 2 bridgehead atoms. The summed E-state index contributed by atoms with van der Waals surface area (Å²) in [6.45, 7) is 13.6. The summed E-state index contributed by atoms with van der Waals surface area (Å²) < 4.78 is 51.3. The summed E-state index contributed by atoms with van der Waals surface area (Å²) in [7, 11) is 0. The Morgan fingerprint density at radius 2 is 1.69 bits per heavy atom. The second kappa shape index (κ2) is 13.3. The highest BCUT2D eigenvalue weighted by Gasteiger charge is 2.45. The highest BCUT2D eigenvalue weighted by atomic mass is 32.2. The van der Waals surface area contributed by atoms with Crippen LogP contribution in [-0.2, 0) is 27.4 Å². The van der Waals surface area contributed by atoms with Crippen molar-refractivity contribution in [1.29, 1.82) is 5.26 Å². The largest absolute Gasteiger partial charge is 0.444 e. The highest BCUT2D eigenvalue weighted by Crippen LogP contribution is 2.49. The van der Waals surface area contributed by atoms with Crippen molar-refractivity contribution in [3.8, 4) is 17.2 Å². The Hall–Kier alpha value is -4.26. The summed E-state index contributed by atoms with van der Waals surface area (Å²) in [5.74, 6) is -0.273. The molecular weight excluding hydrogens is 711 g/mol. The predicted molar refractivity (Wildman–Crippen MR) is 197 cm³/mol. The molecule has 0 spiro atoms. The summed E-state index contributed by atoms with van der Waals surface area (Å²) in [6, 6.07) is 4.69. The van der Waals surface area contributed by atoms with Gasteiger partial charge in [0.15, 0.2) is 11.0 Å². The molecule has 0 aliphatic carbocycles. The highest BCUT2D eigenvalue weighted by molar-refractivity contribution is 7.99. The first kappa shape index (κ1) is 36.1. The van der Waals surface area contributed by atoms with Gasteiger partial charge in [-0.15, -0.1) is 11.3 Å². The van der Waals surface area contributed by atoms with Gasteiger partial charge in [-0.2, -0.15) is 5.26 Å². The number of carbonyl (C=O) groups excluding carboxylic acids is 2. The number of thiophene rings is 1. The number of nitrogens with zero attached hydrogens (tertiary/aromatic N) is 5. The first-order valence-corrected chi connectivity index (χ1v) is 19.1. The van der Waals surface area contributed by atoms with Crippen molar-refractivity contribution in [1.82, 2.24) is 14.9 Å². The van der Waals surface area contributed by atoms with E-state index in [0.717, 1.165) is 24.2 Å². The molecule has 2 saturated heterocycles. The van der Waals surface area contributed by atoms with Crippen LogP contribution in [0.25, 0.3) is 32.1 Å². The number of aromatic nitrogens is 2. The summed E-state index contributed by atoms with van der Waals surface area (Å²) in [6.07, 6.45) is 0.490. The standard InChI is InChI=1S/C37H40F2N6O5S2/c1-8-51-33-41-30-27(31(42-33)45-18-9-10-19(45)15-44(14-18)35(47)50-37(5,6)7)22-17-48-16-21(22)26(29(30)39)28-23(38)11-12-24-25(28)20(13-40)32(52-24)43-34(46)49-36(2,3)4/h11-12,18-19H,8-10,14-17H2,1-7H3,(H,43,46). The van der Waals surface area contributed by atoms with Crippen LogP contribution in [0.15, 0.2) is 17.3 Å². The third-order valence-electron chi connectivity index (χ3n) is 9.19. The third kappa shape index (κ3) is 6.49. The molecule has 0 saturated carbocycles. The number of hydrogen-bond donors (Lipinski definition) is 1. The Morgan fingerprint density at radius 1 is 1.02 bits per heavy atom. The molecule has 3 aliphatic rings. The molecule has 2 fully saturated rings. The number of thioether (sulfide) groups is 1. The smallest absolute Gasteiger partial charge is 0.412 e. The van der Waals surface area contributed by atoms with Crippen molar-refractivity contribution in [2.45, 2.75) is 103 Å². The van der Waals surface area contributed by atoms with Gasteiger partial charge < -0.3 is 24.0 Å². The SMILES string of the molecule is CCSc1nc(N2C3CCC2CN(C(=O)OC(C)(C)C)C3)c2c3c(c(-c4c(F)ccc5sc(NC(=O)OC(C)(C)C)c(C#N)c45)c(F)c2n1)COC3. The number of hydrogen-bond acceptors (Lipinski definition) is 11. The number of carbonyl (C=O) groups is 2. The molecule has 2 atom stereocenters. The van der Waals surface area contributed by atoms with Crippen molar-refractivity contribution < 1.29 is 32.6 Å². The van der Waals surface area contributed by atoms with Gasteiger partial charge in [-0.3, -0.25) is 5.32 Å². The maximum Gasteiger partial charge on any atom is 0.412 e.